The van der Waals surface area contributed by atoms with Crippen LogP contribution in [0.1, 0.15) is 6.42 Å². The second-order valence-electron chi connectivity index (χ2n) is 3.08. The maximum atomic E-state index is 12.4. The van der Waals surface area contributed by atoms with Crippen molar-refractivity contribution in [1.82, 2.24) is 5.32 Å². The van der Waals surface area contributed by atoms with Gasteiger partial charge in [-0.25, -0.2) is 8.78 Å². The van der Waals surface area contributed by atoms with Crippen LogP contribution in [-0.2, 0) is 9.53 Å². The average Bonchev–Trinajstić information content (AvgIpc) is 2.17. The number of aliphatic hydroxyl groups excluding tert-OH is 1. The van der Waals surface area contributed by atoms with Gasteiger partial charge in [0.15, 0.2) is 0 Å². The molecule has 0 aromatic heterocycles. The van der Waals surface area contributed by atoms with Gasteiger partial charge in [0, 0.05) is 13.7 Å². The number of hydrogen-bond acceptors (Lipinski definition) is 3. The summed E-state index contributed by atoms with van der Waals surface area (Å²) < 4.78 is 52.6. The molecule has 0 aliphatic heterocycles. The summed E-state index contributed by atoms with van der Waals surface area (Å²) in [6.45, 7) is -0.354. The Morgan fingerprint density at radius 1 is 1.50 bits per heavy atom. The SMILES string of the molecule is COCC(O)CCNC(=O)C(F)(F)C(F)F. The molecule has 1 atom stereocenters. The summed E-state index contributed by atoms with van der Waals surface area (Å²) in [6.07, 6.45) is -5.04. The van der Waals surface area contributed by atoms with E-state index in [0.717, 1.165) is 0 Å². The van der Waals surface area contributed by atoms with Crippen LogP contribution in [-0.4, -0.2) is 49.7 Å². The van der Waals surface area contributed by atoms with Gasteiger partial charge in [-0.05, 0) is 6.42 Å². The number of ether oxygens (including phenoxy) is 1. The van der Waals surface area contributed by atoms with E-state index in [1.165, 1.54) is 7.11 Å². The smallest absolute Gasteiger partial charge is 0.383 e. The second-order valence-corrected chi connectivity index (χ2v) is 3.08. The molecule has 4 nitrogen and oxygen atoms in total. The van der Waals surface area contributed by atoms with Crippen LogP contribution in [0.25, 0.3) is 0 Å². The Hall–Kier alpha value is -0.890. The molecule has 1 amide bonds. The summed E-state index contributed by atoms with van der Waals surface area (Å²) in [7, 11) is 1.33. The van der Waals surface area contributed by atoms with Crippen molar-refractivity contribution in [3.63, 3.8) is 0 Å². The van der Waals surface area contributed by atoms with Gasteiger partial charge < -0.3 is 15.2 Å². The van der Waals surface area contributed by atoms with E-state index in [4.69, 9.17) is 5.11 Å². The second kappa shape index (κ2) is 6.64. The van der Waals surface area contributed by atoms with Gasteiger partial charge in [0.2, 0.25) is 0 Å². The molecule has 0 aromatic carbocycles. The van der Waals surface area contributed by atoms with Crippen molar-refractivity contribution >= 4 is 5.91 Å². The monoisotopic (exact) mass is 247 g/mol. The molecule has 0 aromatic rings. The predicted molar refractivity (Wildman–Crippen MR) is 46.5 cm³/mol. The van der Waals surface area contributed by atoms with Gasteiger partial charge in [-0.15, -0.1) is 0 Å². The predicted octanol–water partition coefficient (Wildman–Crippen LogP) is 0.400. The number of nitrogens with one attached hydrogen (secondary N) is 1. The largest absolute Gasteiger partial charge is 0.391 e. The molecule has 96 valence electrons. The van der Waals surface area contributed by atoms with Crippen LogP contribution in [0, 0.1) is 0 Å². The summed E-state index contributed by atoms with van der Waals surface area (Å²) in [5, 5.41) is 10.7. The third-order valence-electron chi connectivity index (χ3n) is 1.70. The van der Waals surface area contributed by atoms with Crippen molar-refractivity contribution < 1.29 is 32.2 Å². The Bertz CT molecular complexity index is 225. The van der Waals surface area contributed by atoms with E-state index in [9.17, 15) is 22.4 Å². The van der Waals surface area contributed by atoms with Crippen molar-refractivity contribution in [2.45, 2.75) is 24.9 Å². The Balaban J connectivity index is 3.90. The van der Waals surface area contributed by atoms with E-state index in [1.807, 2.05) is 0 Å². The third kappa shape index (κ3) is 4.75. The van der Waals surface area contributed by atoms with Gasteiger partial charge in [0.05, 0.1) is 12.7 Å². The van der Waals surface area contributed by atoms with E-state index in [0.29, 0.717) is 0 Å². The van der Waals surface area contributed by atoms with Crippen LogP contribution in [0.15, 0.2) is 0 Å². The van der Waals surface area contributed by atoms with Crippen molar-refractivity contribution in [3.8, 4) is 0 Å². The van der Waals surface area contributed by atoms with Gasteiger partial charge in [-0.3, -0.25) is 4.79 Å². The van der Waals surface area contributed by atoms with Gasteiger partial charge in [0.1, 0.15) is 0 Å². The van der Waals surface area contributed by atoms with Gasteiger partial charge >= 0.3 is 12.3 Å². The molecule has 0 bridgehead atoms. The van der Waals surface area contributed by atoms with Crippen molar-refractivity contribution in [3.05, 3.63) is 0 Å². The molecule has 0 rings (SSSR count). The van der Waals surface area contributed by atoms with Crippen LogP contribution < -0.4 is 5.32 Å². The minimum atomic E-state index is -4.70. The summed E-state index contributed by atoms with van der Waals surface area (Å²) in [5.74, 6) is -6.75. The molecule has 0 fully saturated rings. The van der Waals surface area contributed by atoms with Crippen LogP contribution in [0.3, 0.4) is 0 Å². The van der Waals surface area contributed by atoms with Crippen molar-refractivity contribution in [1.29, 1.82) is 0 Å². The maximum absolute atomic E-state index is 12.4. The zero-order valence-electron chi connectivity index (χ0n) is 8.55. The van der Waals surface area contributed by atoms with E-state index in [-0.39, 0.29) is 19.6 Å². The van der Waals surface area contributed by atoms with Crippen molar-refractivity contribution in [2.24, 2.45) is 0 Å². The average molecular weight is 247 g/mol. The van der Waals surface area contributed by atoms with E-state index in [2.05, 4.69) is 4.74 Å². The molecule has 16 heavy (non-hydrogen) atoms. The zero-order chi connectivity index (χ0) is 12.8. The number of hydrogen-bond donors (Lipinski definition) is 2. The van der Waals surface area contributed by atoms with Gasteiger partial charge in [0.25, 0.3) is 5.91 Å². The van der Waals surface area contributed by atoms with E-state index < -0.39 is 24.4 Å². The summed E-state index contributed by atoms with van der Waals surface area (Å²) in [6, 6.07) is 0. The number of rotatable bonds is 7. The molecule has 2 N–H and O–H groups in total. The van der Waals surface area contributed by atoms with Gasteiger partial charge in [-0.1, -0.05) is 0 Å². The molecule has 0 saturated heterocycles. The molecule has 0 heterocycles. The number of carbonyl (C=O) groups excluding carboxylic acids is 1. The number of alkyl halides is 4. The number of amides is 1. The van der Waals surface area contributed by atoms with Crippen LogP contribution in [0.4, 0.5) is 17.6 Å². The fraction of sp³-hybridized carbons (Fsp3) is 0.875. The fourth-order valence-electron chi connectivity index (χ4n) is 0.845. The van der Waals surface area contributed by atoms with E-state index in [1.54, 1.807) is 5.32 Å². The molecule has 0 saturated carbocycles. The standard InChI is InChI=1S/C8H13F4NO3/c1-16-4-5(14)2-3-13-7(15)8(11,12)6(9)10/h5-6,14H,2-4H2,1H3,(H,13,15). The summed E-state index contributed by atoms with van der Waals surface area (Å²) in [4.78, 5) is 10.6. The molecule has 1 unspecified atom stereocenters. The van der Waals surface area contributed by atoms with Crippen LogP contribution >= 0.6 is 0 Å². The summed E-state index contributed by atoms with van der Waals surface area (Å²) in [5.41, 5.74) is 0. The highest BCUT2D eigenvalue weighted by Gasteiger charge is 2.48. The Morgan fingerprint density at radius 3 is 2.50 bits per heavy atom. The Labute approximate surface area is 89.6 Å². The number of carbonyl (C=O) groups is 1. The first-order valence-corrected chi connectivity index (χ1v) is 4.43. The quantitative estimate of drug-likeness (QED) is 0.640. The Morgan fingerprint density at radius 2 is 2.06 bits per heavy atom. The molecular weight excluding hydrogens is 234 g/mol. The maximum Gasteiger partial charge on any atom is 0.383 e. The lowest BCUT2D eigenvalue weighted by Crippen LogP contribution is -2.46. The third-order valence-corrected chi connectivity index (χ3v) is 1.70. The number of methoxy groups -OCH3 is 1. The summed E-state index contributed by atoms with van der Waals surface area (Å²) >= 11 is 0. The highest BCUT2D eigenvalue weighted by Crippen LogP contribution is 2.22. The van der Waals surface area contributed by atoms with Gasteiger partial charge in [-0.2, -0.15) is 8.78 Å². The minimum absolute atomic E-state index is 0.0267. The molecule has 0 radical (unpaired) electrons. The molecule has 8 heteroatoms. The zero-order valence-corrected chi connectivity index (χ0v) is 8.55. The first-order chi connectivity index (χ1) is 7.32. The lowest BCUT2D eigenvalue weighted by Gasteiger charge is -2.15. The molecule has 0 aliphatic rings. The first kappa shape index (κ1) is 15.1. The van der Waals surface area contributed by atoms with Crippen LogP contribution in [0.5, 0.6) is 0 Å². The number of aliphatic hydroxyl groups is 1. The number of halogens is 4. The topological polar surface area (TPSA) is 58.6 Å². The first-order valence-electron chi connectivity index (χ1n) is 4.43. The molecule has 0 spiro atoms. The van der Waals surface area contributed by atoms with Crippen LogP contribution in [0.2, 0.25) is 0 Å². The molecular formula is C8H13F4NO3. The van der Waals surface area contributed by atoms with E-state index >= 15 is 0 Å². The normalized spacial score (nSPS) is 13.9. The fourth-order valence-corrected chi connectivity index (χ4v) is 0.845. The highest BCUT2D eigenvalue weighted by molar-refractivity contribution is 5.83. The highest BCUT2D eigenvalue weighted by atomic mass is 19.3. The lowest BCUT2D eigenvalue weighted by molar-refractivity contribution is -0.169. The molecule has 0 aliphatic carbocycles. The Kier molecular flexibility index (Phi) is 6.27. The minimum Gasteiger partial charge on any atom is -0.391 e. The van der Waals surface area contributed by atoms with Crippen molar-refractivity contribution in [2.75, 3.05) is 20.3 Å². The lowest BCUT2D eigenvalue weighted by atomic mass is 10.2.